The fourth-order valence-corrected chi connectivity index (χ4v) is 3.83. The highest BCUT2D eigenvalue weighted by molar-refractivity contribution is 6.44. The molecule has 2 aromatic rings. The molecule has 8 heteroatoms. The molecule has 4 rings (SSSR count). The molecule has 0 aromatic heterocycles. The van der Waals surface area contributed by atoms with Crippen LogP contribution in [0.15, 0.2) is 54.6 Å². The maximum absolute atomic E-state index is 12.7. The van der Waals surface area contributed by atoms with Gasteiger partial charge in [-0.05, 0) is 36.8 Å². The minimum Gasteiger partial charge on any atom is -0.369 e. The molecule has 160 valence electrons. The van der Waals surface area contributed by atoms with Gasteiger partial charge in [-0.1, -0.05) is 30.3 Å². The van der Waals surface area contributed by atoms with Crippen LogP contribution >= 0.6 is 0 Å². The van der Waals surface area contributed by atoms with Crippen LogP contribution < -0.4 is 4.90 Å². The number of anilines is 1. The number of hydrogen-bond acceptors (Lipinski definition) is 6. The Morgan fingerprint density at radius 3 is 2.03 bits per heavy atom. The average Bonchev–Trinajstić information content (AvgIpc) is 2.99. The Kier molecular flexibility index (Phi) is 5.81. The second kappa shape index (κ2) is 8.69. The fraction of sp³-hybridized carbons (Fsp3) is 0.304. The minimum atomic E-state index is -0.780. The van der Waals surface area contributed by atoms with Gasteiger partial charge in [-0.25, -0.2) is 9.69 Å². The van der Waals surface area contributed by atoms with E-state index in [-0.39, 0.29) is 19.0 Å². The molecule has 31 heavy (non-hydrogen) atoms. The summed E-state index contributed by atoms with van der Waals surface area (Å²) < 4.78 is 0. The highest BCUT2D eigenvalue weighted by atomic mass is 16.2. The molecule has 2 fully saturated rings. The van der Waals surface area contributed by atoms with E-state index in [0.29, 0.717) is 18.7 Å². The Labute approximate surface area is 180 Å². The van der Waals surface area contributed by atoms with Gasteiger partial charge in [0.05, 0.1) is 13.2 Å². The van der Waals surface area contributed by atoms with Crippen LogP contribution in [0.4, 0.5) is 10.5 Å². The number of nitrogens with zero attached hydrogens (tertiary/aromatic N) is 4. The first-order valence-electron chi connectivity index (χ1n) is 10.2. The van der Waals surface area contributed by atoms with Crippen molar-refractivity contribution >= 4 is 29.3 Å². The predicted octanol–water partition coefficient (Wildman–Crippen LogP) is 1.96. The van der Waals surface area contributed by atoms with Gasteiger partial charge >= 0.3 is 17.8 Å². The van der Waals surface area contributed by atoms with E-state index in [9.17, 15) is 19.2 Å². The summed E-state index contributed by atoms with van der Waals surface area (Å²) in [5, 5.41) is 0. The van der Waals surface area contributed by atoms with Gasteiger partial charge in [0, 0.05) is 37.4 Å². The van der Waals surface area contributed by atoms with Crippen LogP contribution in [0.2, 0.25) is 0 Å². The van der Waals surface area contributed by atoms with Crippen molar-refractivity contribution in [3.05, 3.63) is 65.7 Å². The SMILES string of the molecule is CC(=O)c1ccc(N2CCN(CN3C(=O)C(=O)N(Cc4ccccc4)C3=O)CC2)cc1. The molecule has 0 spiro atoms. The number of carbonyl (C=O) groups is 4. The van der Waals surface area contributed by atoms with Crippen LogP contribution in [-0.4, -0.2) is 71.2 Å². The molecule has 0 atom stereocenters. The van der Waals surface area contributed by atoms with Crippen molar-refractivity contribution in [1.82, 2.24) is 14.7 Å². The molecule has 0 N–H and O–H groups in total. The van der Waals surface area contributed by atoms with Crippen molar-refractivity contribution in [3.63, 3.8) is 0 Å². The standard InChI is InChI=1S/C23H24N4O4/c1-17(28)19-7-9-20(10-8-19)25-13-11-24(12-14-25)16-27-22(30)21(29)26(23(27)31)15-18-5-3-2-4-6-18/h2-10H,11-16H2,1H3. The summed E-state index contributed by atoms with van der Waals surface area (Å²) in [6.07, 6.45) is 0. The van der Waals surface area contributed by atoms with Crippen LogP contribution in [0.1, 0.15) is 22.8 Å². The molecule has 2 aliphatic rings. The van der Waals surface area contributed by atoms with Crippen LogP contribution in [0.3, 0.4) is 0 Å². The Bertz CT molecular complexity index is 998. The summed E-state index contributed by atoms with van der Waals surface area (Å²) in [5.41, 5.74) is 2.50. The van der Waals surface area contributed by atoms with Gasteiger partial charge in [0.25, 0.3) is 0 Å². The van der Waals surface area contributed by atoms with E-state index in [0.717, 1.165) is 34.1 Å². The van der Waals surface area contributed by atoms with Crippen molar-refractivity contribution in [2.45, 2.75) is 13.5 Å². The molecular weight excluding hydrogens is 396 g/mol. The number of imide groups is 2. The number of piperazine rings is 1. The number of benzene rings is 2. The first kappa shape index (κ1) is 20.7. The molecule has 2 aliphatic heterocycles. The van der Waals surface area contributed by atoms with Crippen molar-refractivity contribution in [3.8, 4) is 0 Å². The van der Waals surface area contributed by atoms with Crippen molar-refractivity contribution in [2.75, 3.05) is 37.7 Å². The van der Waals surface area contributed by atoms with E-state index in [1.54, 1.807) is 6.92 Å². The molecule has 2 saturated heterocycles. The summed E-state index contributed by atoms with van der Waals surface area (Å²) in [7, 11) is 0. The van der Waals surface area contributed by atoms with Crippen molar-refractivity contribution in [2.24, 2.45) is 0 Å². The maximum Gasteiger partial charge on any atom is 0.335 e. The van der Waals surface area contributed by atoms with E-state index >= 15 is 0 Å². The lowest BCUT2D eigenvalue weighted by Gasteiger charge is -2.37. The molecule has 0 unspecified atom stereocenters. The van der Waals surface area contributed by atoms with Crippen LogP contribution in [0.5, 0.6) is 0 Å². The lowest BCUT2D eigenvalue weighted by molar-refractivity contribution is -0.144. The summed E-state index contributed by atoms with van der Waals surface area (Å²) in [4.78, 5) is 55.1. The summed E-state index contributed by atoms with van der Waals surface area (Å²) >= 11 is 0. The van der Waals surface area contributed by atoms with Gasteiger partial charge in [-0.2, -0.15) is 0 Å². The topological polar surface area (TPSA) is 81.2 Å². The Balaban J connectivity index is 1.34. The van der Waals surface area contributed by atoms with Gasteiger partial charge < -0.3 is 4.90 Å². The van der Waals surface area contributed by atoms with Crippen molar-refractivity contribution < 1.29 is 19.2 Å². The zero-order valence-corrected chi connectivity index (χ0v) is 17.4. The highest BCUT2D eigenvalue weighted by Crippen LogP contribution is 2.20. The third kappa shape index (κ3) is 4.34. The lowest BCUT2D eigenvalue weighted by atomic mass is 10.1. The quantitative estimate of drug-likeness (QED) is 0.404. The van der Waals surface area contributed by atoms with E-state index in [1.807, 2.05) is 59.5 Å². The molecule has 0 radical (unpaired) electrons. The number of Topliss-reactive ketones (excluding diaryl/α,β-unsaturated/α-hetero) is 1. The number of rotatable bonds is 6. The Morgan fingerprint density at radius 2 is 1.42 bits per heavy atom. The first-order chi connectivity index (χ1) is 14.9. The zero-order chi connectivity index (χ0) is 22.0. The number of ketones is 1. The third-order valence-electron chi connectivity index (χ3n) is 5.67. The molecule has 2 aromatic carbocycles. The monoisotopic (exact) mass is 420 g/mol. The van der Waals surface area contributed by atoms with E-state index in [1.165, 1.54) is 0 Å². The first-order valence-corrected chi connectivity index (χ1v) is 10.2. The van der Waals surface area contributed by atoms with Gasteiger partial charge in [-0.3, -0.25) is 24.2 Å². The number of amides is 4. The average molecular weight is 420 g/mol. The number of carbonyl (C=O) groups excluding carboxylic acids is 4. The number of urea groups is 1. The largest absolute Gasteiger partial charge is 0.369 e. The second-order valence-electron chi connectivity index (χ2n) is 7.74. The zero-order valence-electron chi connectivity index (χ0n) is 17.4. The van der Waals surface area contributed by atoms with Crippen LogP contribution in [-0.2, 0) is 16.1 Å². The molecule has 8 nitrogen and oxygen atoms in total. The minimum absolute atomic E-state index is 0.0344. The second-order valence-corrected chi connectivity index (χ2v) is 7.74. The molecule has 4 amide bonds. The molecule has 2 heterocycles. The predicted molar refractivity (Wildman–Crippen MR) is 114 cm³/mol. The molecular formula is C23H24N4O4. The maximum atomic E-state index is 12.7. The summed E-state index contributed by atoms with van der Waals surface area (Å²) in [5.74, 6) is -1.52. The summed E-state index contributed by atoms with van der Waals surface area (Å²) in [6, 6.07) is 16.1. The van der Waals surface area contributed by atoms with Gasteiger partial charge in [0.1, 0.15) is 0 Å². The smallest absolute Gasteiger partial charge is 0.335 e. The Hall–Kier alpha value is -3.52. The van der Waals surface area contributed by atoms with E-state index in [2.05, 4.69) is 4.90 Å². The van der Waals surface area contributed by atoms with Crippen LogP contribution in [0, 0.1) is 0 Å². The lowest BCUT2D eigenvalue weighted by Crippen LogP contribution is -2.51. The third-order valence-corrected chi connectivity index (χ3v) is 5.67. The molecule has 0 saturated carbocycles. The van der Waals surface area contributed by atoms with Gasteiger partial charge in [-0.15, -0.1) is 0 Å². The van der Waals surface area contributed by atoms with Crippen LogP contribution in [0.25, 0.3) is 0 Å². The highest BCUT2D eigenvalue weighted by Gasteiger charge is 2.45. The van der Waals surface area contributed by atoms with Gasteiger partial charge in [0.2, 0.25) is 0 Å². The Morgan fingerprint density at radius 1 is 0.806 bits per heavy atom. The fourth-order valence-electron chi connectivity index (χ4n) is 3.83. The normalized spacial score (nSPS) is 17.6. The summed E-state index contributed by atoms with van der Waals surface area (Å²) in [6.45, 7) is 4.47. The van der Waals surface area contributed by atoms with E-state index < -0.39 is 17.8 Å². The van der Waals surface area contributed by atoms with Gasteiger partial charge in [0.15, 0.2) is 5.78 Å². The van der Waals surface area contributed by atoms with E-state index in [4.69, 9.17) is 0 Å². The number of hydrogen-bond donors (Lipinski definition) is 0. The molecule has 0 aliphatic carbocycles. The van der Waals surface area contributed by atoms with Crippen molar-refractivity contribution in [1.29, 1.82) is 0 Å². The molecule has 0 bridgehead atoms.